The highest BCUT2D eigenvalue weighted by molar-refractivity contribution is 14.1. The Balaban J connectivity index is 1.89. The van der Waals surface area contributed by atoms with Gasteiger partial charge in [-0.25, -0.2) is 4.98 Å². The van der Waals surface area contributed by atoms with Crippen molar-refractivity contribution in [2.24, 2.45) is 0 Å². The molecule has 6 nitrogen and oxygen atoms in total. The van der Waals surface area contributed by atoms with Crippen molar-refractivity contribution < 1.29 is 0 Å². The zero-order chi connectivity index (χ0) is 15.3. The fraction of sp³-hybridized carbons (Fsp3) is 0.267. The van der Waals surface area contributed by atoms with E-state index >= 15 is 0 Å². The normalized spacial score (nSPS) is 14.6. The van der Waals surface area contributed by atoms with Gasteiger partial charge >= 0.3 is 0 Å². The van der Waals surface area contributed by atoms with Gasteiger partial charge in [-0.15, -0.1) is 0 Å². The van der Waals surface area contributed by atoms with Gasteiger partial charge in [0.2, 0.25) is 5.95 Å². The third kappa shape index (κ3) is 2.39. The number of halogens is 1. The van der Waals surface area contributed by atoms with Crippen LogP contribution in [0, 0.1) is 3.57 Å². The Hall–Kier alpha value is -1.90. The molecule has 1 aliphatic carbocycles. The van der Waals surface area contributed by atoms with E-state index in [2.05, 4.69) is 43.7 Å². The van der Waals surface area contributed by atoms with Crippen molar-refractivity contribution >= 4 is 34.3 Å². The van der Waals surface area contributed by atoms with Crippen molar-refractivity contribution in [1.82, 2.24) is 19.6 Å². The number of rotatable bonds is 3. The van der Waals surface area contributed by atoms with E-state index < -0.39 is 0 Å². The van der Waals surface area contributed by atoms with Crippen molar-refractivity contribution in [3.8, 4) is 0 Å². The van der Waals surface area contributed by atoms with Crippen molar-refractivity contribution in [1.29, 1.82) is 0 Å². The maximum absolute atomic E-state index is 12.8. The third-order valence-corrected chi connectivity index (χ3v) is 4.54. The fourth-order valence-corrected chi connectivity index (χ4v) is 3.30. The summed E-state index contributed by atoms with van der Waals surface area (Å²) < 4.78 is 2.49. The molecule has 1 aromatic carbocycles. The molecule has 2 heterocycles. The summed E-state index contributed by atoms with van der Waals surface area (Å²) >= 11 is 2.28. The van der Waals surface area contributed by atoms with Crippen molar-refractivity contribution in [2.75, 3.05) is 5.73 Å². The number of hydrogen-bond acceptors (Lipinski definition) is 4. The van der Waals surface area contributed by atoms with Crippen LogP contribution in [-0.4, -0.2) is 19.6 Å². The second-order valence-corrected chi connectivity index (χ2v) is 6.85. The molecular formula is C15H14IN5O. The van der Waals surface area contributed by atoms with Crippen LogP contribution in [0.4, 0.5) is 5.95 Å². The Labute approximate surface area is 139 Å². The van der Waals surface area contributed by atoms with E-state index in [0.717, 1.165) is 33.2 Å². The van der Waals surface area contributed by atoms with Gasteiger partial charge in [-0.1, -0.05) is 12.1 Å². The summed E-state index contributed by atoms with van der Waals surface area (Å²) in [7, 11) is 0. The molecule has 0 radical (unpaired) electrons. The number of aromatic nitrogens is 4. The molecular weight excluding hydrogens is 393 g/mol. The first-order valence-corrected chi connectivity index (χ1v) is 8.21. The molecule has 0 spiro atoms. The molecule has 1 fully saturated rings. The number of nitrogens with one attached hydrogen (secondary N) is 1. The van der Waals surface area contributed by atoms with Crippen LogP contribution in [0.15, 0.2) is 29.1 Å². The van der Waals surface area contributed by atoms with Gasteiger partial charge in [0.25, 0.3) is 11.3 Å². The third-order valence-electron chi connectivity index (χ3n) is 3.87. The monoisotopic (exact) mass is 407 g/mol. The predicted octanol–water partition coefficient (Wildman–Crippen LogP) is 2.07. The molecule has 3 aromatic rings. The van der Waals surface area contributed by atoms with Gasteiger partial charge in [0.1, 0.15) is 0 Å². The Kier molecular flexibility index (Phi) is 3.17. The number of fused-ring (bicyclic) bond motifs is 1. The summed E-state index contributed by atoms with van der Waals surface area (Å²) in [5, 5.41) is 2.76. The summed E-state index contributed by atoms with van der Waals surface area (Å²) in [6.07, 6.45) is 2.75. The summed E-state index contributed by atoms with van der Waals surface area (Å²) in [6.45, 7) is 0. The summed E-state index contributed by atoms with van der Waals surface area (Å²) in [5.74, 6) is 0.946. The second-order valence-electron chi connectivity index (χ2n) is 5.61. The first kappa shape index (κ1) is 13.7. The lowest BCUT2D eigenvalue weighted by Crippen LogP contribution is -2.23. The molecule has 0 aliphatic heterocycles. The minimum absolute atomic E-state index is 0.102. The van der Waals surface area contributed by atoms with Gasteiger partial charge in [-0.05, 0) is 53.1 Å². The average Bonchev–Trinajstić information content (AvgIpc) is 3.24. The highest BCUT2D eigenvalue weighted by Gasteiger charge is 2.30. The molecule has 0 atom stereocenters. The SMILES string of the molecule is Nc1nc2nc(C3CC3)c(Cc3cccc(I)c3)c(=O)n2[nH]1. The van der Waals surface area contributed by atoms with Gasteiger partial charge in [0, 0.05) is 21.5 Å². The van der Waals surface area contributed by atoms with Crippen molar-refractivity contribution in [2.45, 2.75) is 25.2 Å². The van der Waals surface area contributed by atoms with Crippen LogP contribution >= 0.6 is 22.6 Å². The van der Waals surface area contributed by atoms with Crippen LogP contribution in [0.25, 0.3) is 5.78 Å². The smallest absolute Gasteiger partial charge is 0.277 e. The quantitative estimate of drug-likeness (QED) is 0.651. The molecule has 2 aromatic heterocycles. The Morgan fingerprint density at radius 1 is 1.36 bits per heavy atom. The molecule has 112 valence electrons. The van der Waals surface area contributed by atoms with E-state index in [9.17, 15) is 4.79 Å². The number of nitrogens with zero attached hydrogens (tertiary/aromatic N) is 3. The molecule has 0 amide bonds. The van der Waals surface area contributed by atoms with E-state index in [4.69, 9.17) is 5.73 Å². The minimum Gasteiger partial charge on any atom is -0.368 e. The van der Waals surface area contributed by atoms with Crippen LogP contribution in [0.5, 0.6) is 0 Å². The maximum atomic E-state index is 12.8. The highest BCUT2D eigenvalue weighted by atomic mass is 127. The molecule has 0 bridgehead atoms. The topological polar surface area (TPSA) is 89.1 Å². The lowest BCUT2D eigenvalue weighted by atomic mass is 10.0. The van der Waals surface area contributed by atoms with Crippen molar-refractivity contribution in [3.05, 3.63) is 55.0 Å². The van der Waals surface area contributed by atoms with Crippen LogP contribution in [0.1, 0.15) is 35.6 Å². The van der Waals surface area contributed by atoms with Crippen LogP contribution in [-0.2, 0) is 6.42 Å². The number of nitrogens with two attached hydrogens (primary N) is 1. The largest absolute Gasteiger partial charge is 0.368 e. The number of hydrogen-bond donors (Lipinski definition) is 2. The molecule has 1 saturated carbocycles. The van der Waals surface area contributed by atoms with Gasteiger partial charge in [0.15, 0.2) is 0 Å². The molecule has 0 unspecified atom stereocenters. The number of aromatic amines is 1. The van der Waals surface area contributed by atoms with E-state index in [0.29, 0.717) is 18.1 Å². The van der Waals surface area contributed by atoms with E-state index in [1.54, 1.807) is 0 Å². The number of nitrogen functional groups attached to an aromatic ring is 1. The van der Waals surface area contributed by atoms with E-state index in [1.807, 2.05) is 18.2 Å². The number of benzene rings is 1. The minimum atomic E-state index is -0.102. The van der Waals surface area contributed by atoms with Crippen LogP contribution in [0.3, 0.4) is 0 Å². The zero-order valence-corrected chi connectivity index (χ0v) is 13.9. The fourth-order valence-electron chi connectivity index (χ4n) is 2.70. The highest BCUT2D eigenvalue weighted by Crippen LogP contribution is 2.40. The lowest BCUT2D eigenvalue weighted by Gasteiger charge is -2.08. The molecule has 22 heavy (non-hydrogen) atoms. The molecule has 3 N–H and O–H groups in total. The van der Waals surface area contributed by atoms with Crippen LogP contribution in [0.2, 0.25) is 0 Å². The Bertz CT molecular complexity index is 925. The molecule has 4 rings (SSSR count). The summed E-state index contributed by atoms with van der Waals surface area (Å²) in [4.78, 5) is 21.4. The van der Waals surface area contributed by atoms with E-state index in [1.165, 1.54) is 4.52 Å². The first-order chi connectivity index (χ1) is 10.6. The van der Waals surface area contributed by atoms with E-state index in [-0.39, 0.29) is 11.5 Å². The molecule has 1 aliphatic rings. The van der Waals surface area contributed by atoms with Gasteiger partial charge in [-0.3, -0.25) is 9.89 Å². The summed E-state index contributed by atoms with van der Waals surface area (Å²) in [5.41, 5.74) is 8.29. The zero-order valence-electron chi connectivity index (χ0n) is 11.7. The maximum Gasteiger partial charge on any atom is 0.277 e. The average molecular weight is 407 g/mol. The van der Waals surface area contributed by atoms with Gasteiger partial charge in [-0.2, -0.15) is 9.50 Å². The van der Waals surface area contributed by atoms with Gasteiger partial charge < -0.3 is 5.73 Å². The van der Waals surface area contributed by atoms with Crippen LogP contribution < -0.4 is 11.3 Å². The summed E-state index contributed by atoms with van der Waals surface area (Å²) in [6, 6.07) is 8.17. The molecule has 0 saturated heterocycles. The standard InChI is InChI=1S/C15H14IN5O/c16-10-3-1-2-8(6-10)7-11-12(9-4-5-9)18-15-19-14(17)20-21(15)13(11)22/h1-3,6,9H,4-5,7H2,(H3,17,18,19,20). The first-order valence-electron chi connectivity index (χ1n) is 7.13. The van der Waals surface area contributed by atoms with Gasteiger partial charge in [0.05, 0.1) is 5.69 Å². The Morgan fingerprint density at radius 3 is 2.91 bits per heavy atom. The number of H-pyrrole nitrogens is 1. The number of anilines is 1. The van der Waals surface area contributed by atoms with Crippen molar-refractivity contribution in [3.63, 3.8) is 0 Å². The second kappa shape index (κ2) is 5.08. The predicted molar refractivity (Wildman–Crippen MR) is 92.0 cm³/mol. The Morgan fingerprint density at radius 2 is 2.18 bits per heavy atom. The molecule has 7 heteroatoms. The lowest BCUT2D eigenvalue weighted by molar-refractivity contribution is 0.839.